The predicted molar refractivity (Wildman–Crippen MR) is 89.2 cm³/mol. The second-order valence-corrected chi connectivity index (χ2v) is 6.20. The summed E-state index contributed by atoms with van der Waals surface area (Å²) in [6.45, 7) is 2.03. The number of anilines is 1. The number of aryl methyl sites for hydroxylation is 1. The van der Waals surface area contributed by atoms with Gasteiger partial charge in [0.1, 0.15) is 6.33 Å². The molecular formula is C17H20N6. The van der Waals surface area contributed by atoms with E-state index in [1.54, 1.807) is 11.0 Å². The lowest BCUT2D eigenvalue weighted by Crippen LogP contribution is -2.35. The Morgan fingerprint density at radius 3 is 2.65 bits per heavy atom. The summed E-state index contributed by atoms with van der Waals surface area (Å²) in [5.74, 6) is 1.66. The molecule has 3 heterocycles. The van der Waals surface area contributed by atoms with E-state index in [0.717, 1.165) is 36.0 Å². The Morgan fingerprint density at radius 1 is 1.09 bits per heavy atom. The third-order valence-corrected chi connectivity index (χ3v) is 4.65. The van der Waals surface area contributed by atoms with Crippen LogP contribution in [0.3, 0.4) is 0 Å². The van der Waals surface area contributed by atoms with Gasteiger partial charge in [0.05, 0.1) is 0 Å². The smallest absolute Gasteiger partial charge is 0.183 e. The molecule has 0 saturated carbocycles. The maximum atomic E-state index is 4.45. The van der Waals surface area contributed by atoms with Gasteiger partial charge in [-0.2, -0.15) is 0 Å². The van der Waals surface area contributed by atoms with Crippen LogP contribution >= 0.6 is 0 Å². The van der Waals surface area contributed by atoms with Crippen molar-refractivity contribution in [2.24, 2.45) is 13.0 Å². The molecule has 1 aromatic carbocycles. The van der Waals surface area contributed by atoms with E-state index >= 15 is 0 Å². The summed E-state index contributed by atoms with van der Waals surface area (Å²) in [6.07, 6.45) is 5.14. The monoisotopic (exact) mass is 308 g/mol. The largest absolute Gasteiger partial charge is 0.355 e. The molecule has 0 aliphatic carbocycles. The highest BCUT2D eigenvalue weighted by molar-refractivity contribution is 5.82. The van der Waals surface area contributed by atoms with E-state index in [1.165, 1.54) is 24.8 Å². The molecule has 0 atom stereocenters. The SMILES string of the molecule is Cn1nnc2c(N3CCC(Cc4ccccc4)CC3)ncnc21. The molecule has 2 aromatic heterocycles. The Bertz CT molecular complexity index is 789. The van der Waals surface area contributed by atoms with Gasteiger partial charge in [-0.05, 0) is 30.7 Å². The van der Waals surface area contributed by atoms with Gasteiger partial charge in [0.25, 0.3) is 0 Å². The highest BCUT2D eigenvalue weighted by Gasteiger charge is 2.23. The first-order valence-electron chi connectivity index (χ1n) is 8.10. The second-order valence-electron chi connectivity index (χ2n) is 6.20. The van der Waals surface area contributed by atoms with E-state index in [2.05, 4.69) is 55.5 Å². The van der Waals surface area contributed by atoms with Crippen LogP contribution in [0.5, 0.6) is 0 Å². The molecule has 3 aromatic rings. The summed E-state index contributed by atoms with van der Waals surface area (Å²) in [6, 6.07) is 10.8. The molecule has 0 radical (unpaired) electrons. The number of aromatic nitrogens is 5. The number of fused-ring (bicyclic) bond motifs is 1. The van der Waals surface area contributed by atoms with Crippen LogP contribution in [0.2, 0.25) is 0 Å². The summed E-state index contributed by atoms with van der Waals surface area (Å²) < 4.78 is 1.70. The summed E-state index contributed by atoms with van der Waals surface area (Å²) in [7, 11) is 1.86. The Balaban J connectivity index is 1.47. The number of nitrogens with zero attached hydrogens (tertiary/aromatic N) is 6. The quantitative estimate of drug-likeness (QED) is 0.742. The van der Waals surface area contributed by atoms with Crippen LogP contribution in [0.1, 0.15) is 18.4 Å². The van der Waals surface area contributed by atoms with Gasteiger partial charge in [-0.3, -0.25) is 0 Å². The maximum Gasteiger partial charge on any atom is 0.183 e. The summed E-state index contributed by atoms with van der Waals surface area (Å²) in [5, 5.41) is 8.29. The van der Waals surface area contributed by atoms with E-state index in [1.807, 2.05) is 7.05 Å². The third kappa shape index (κ3) is 2.76. The van der Waals surface area contributed by atoms with E-state index in [-0.39, 0.29) is 0 Å². The fourth-order valence-electron chi connectivity index (χ4n) is 3.37. The molecule has 6 heteroatoms. The van der Waals surface area contributed by atoms with E-state index < -0.39 is 0 Å². The van der Waals surface area contributed by atoms with Crippen LogP contribution in [0.4, 0.5) is 5.82 Å². The van der Waals surface area contributed by atoms with Crippen molar-refractivity contribution in [3.8, 4) is 0 Å². The van der Waals surface area contributed by atoms with E-state index in [0.29, 0.717) is 0 Å². The average molecular weight is 308 g/mol. The third-order valence-electron chi connectivity index (χ3n) is 4.65. The van der Waals surface area contributed by atoms with Gasteiger partial charge >= 0.3 is 0 Å². The number of hydrogen-bond donors (Lipinski definition) is 0. The normalized spacial score (nSPS) is 16.1. The minimum absolute atomic E-state index is 0.743. The molecule has 1 aliphatic heterocycles. The van der Waals surface area contributed by atoms with Crippen LogP contribution in [-0.4, -0.2) is 38.1 Å². The van der Waals surface area contributed by atoms with Crippen molar-refractivity contribution in [1.29, 1.82) is 0 Å². The van der Waals surface area contributed by atoms with Gasteiger partial charge in [0.15, 0.2) is 17.0 Å². The molecule has 118 valence electrons. The van der Waals surface area contributed by atoms with Crippen molar-refractivity contribution >= 4 is 17.0 Å². The van der Waals surface area contributed by atoms with Crippen molar-refractivity contribution in [2.75, 3.05) is 18.0 Å². The van der Waals surface area contributed by atoms with Crippen molar-refractivity contribution in [1.82, 2.24) is 25.0 Å². The number of benzene rings is 1. The van der Waals surface area contributed by atoms with Crippen LogP contribution in [0, 0.1) is 5.92 Å². The first kappa shape index (κ1) is 14.1. The van der Waals surface area contributed by atoms with Gasteiger partial charge < -0.3 is 4.90 Å². The zero-order valence-electron chi connectivity index (χ0n) is 13.3. The molecule has 23 heavy (non-hydrogen) atoms. The summed E-state index contributed by atoms with van der Waals surface area (Å²) >= 11 is 0. The lowest BCUT2D eigenvalue weighted by atomic mass is 9.90. The minimum atomic E-state index is 0.743. The number of hydrogen-bond acceptors (Lipinski definition) is 5. The summed E-state index contributed by atoms with van der Waals surface area (Å²) in [5.41, 5.74) is 3.03. The van der Waals surface area contributed by atoms with Crippen LogP contribution in [-0.2, 0) is 13.5 Å². The Hall–Kier alpha value is -2.50. The molecule has 1 fully saturated rings. The van der Waals surface area contributed by atoms with Crippen molar-refractivity contribution in [3.63, 3.8) is 0 Å². The molecule has 0 bridgehead atoms. The first-order valence-corrected chi connectivity index (χ1v) is 8.10. The lowest BCUT2D eigenvalue weighted by Gasteiger charge is -2.32. The van der Waals surface area contributed by atoms with Crippen LogP contribution in [0.25, 0.3) is 11.2 Å². The molecule has 0 spiro atoms. The van der Waals surface area contributed by atoms with E-state index in [9.17, 15) is 0 Å². The molecule has 1 aliphatic rings. The Morgan fingerprint density at radius 2 is 1.87 bits per heavy atom. The van der Waals surface area contributed by atoms with Crippen molar-refractivity contribution in [2.45, 2.75) is 19.3 Å². The molecule has 1 saturated heterocycles. The number of piperidine rings is 1. The Labute approximate surface area is 135 Å². The van der Waals surface area contributed by atoms with E-state index in [4.69, 9.17) is 0 Å². The molecule has 4 rings (SSSR count). The molecule has 0 N–H and O–H groups in total. The Kier molecular flexibility index (Phi) is 3.65. The maximum absolute atomic E-state index is 4.45. The van der Waals surface area contributed by atoms with Gasteiger partial charge in [-0.15, -0.1) is 5.10 Å². The molecule has 0 unspecified atom stereocenters. The second kappa shape index (κ2) is 5.95. The van der Waals surface area contributed by atoms with Crippen LogP contribution in [0.15, 0.2) is 36.7 Å². The van der Waals surface area contributed by atoms with Crippen LogP contribution < -0.4 is 4.90 Å². The first-order chi connectivity index (χ1) is 11.3. The molecular weight excluding hydrogens is 288 g/mol. The van der Waals surface area contributed by atoms with Gasteiger partial charge in [0, 0.05) is 20.1 Å². The zero-order chi connectivity index (χ0) is 15.6. The average Bonchev–Trinajstić information content (AvgIpc) is 2.98. The molecule has 0 amide bonds. The standard InChI is InChI=1S/C17H20N6/c1-22-16-15(20-21-22)17(19-12-18-16)23-9-7-14(8-10-23)11-13-5-3-2-4-6-13/h2-6,12,14H,7-11H2,1H3. The van der Waals surface area contributed by atoms with Gasteiger partial charge in [-0.1, -0.05) is 35.5 Å². The minimum Gasteiger partial charge on any atom is -0.355 e. The van der Waals surface area contributed by atoms with Crippen molar-refractivity contribution in [3.05, 3.63) is 42.2 Å². The topological polar surface area (TPSA) is 59.7 Å². The number of rotatable bonds is 3. The fraction of sp³-hybridized carbons (Fsp3) is 0.412. The van der Waals surface area contributed by atoms with Gasteiger partial charge in [0.2, 0.25) is 0 Å². The zero-order valence-corrected chi connectivity index (χ0v) is 13.3. The molecule has 6 nitrogen and oxygen atoms in total. The highest BCUT2D eigenvalue weighted by Crippen LogP contribution is 2.27. The fourth-order valence-corrected chi connectivity index (χ4v) is 3.37. The van der Waals surface area contributed by atoms with Crippen molar-refractivity contribution < 1.29 is 0 Å². The summed E-state index contributed by atoms with van der Waals surface area (Å²) in [4.78, 5) is 11.0. The lowest BCUT2D eigenvalue weighted by molar-refractivity contribution is 0.402. The predicted octanol–water partition coefficient (Wildman–Crippen LogP) is 2.22. The highest BCUT2D eigenvalue weighted by atomic mass is 15.4. The van der Waals surface area contributed by atoms with Gasteiger partial charge in [-0.25, -0.2) is 14.6 Å².